The Morgan fingerprint density at radius 1 is 1.09 bits per heavy atom. The molecule has 0 fully saturated rings. The van der Waals surface area contributed by atoms with Crippen LogP contribution in [-0.4, -0.2) is 43.7 Å². The molecule has 3 aromatic rings. The SMILES string of the molecule is CN(C)CCn1nc(NS(=O)(=O)c2ccccc2)c(-c2ccc(Cl)cc2Cl)c1C(F)(F)F. The molecule has 1 aromatic heterocycles. The van der Waals surface area contributed by atoms with Crippen molar-refractivity contribution in [2.45, 2.75) is 17.6 Å². The molecule has 0 aliphatic rings. The highest BCUT2D eigenvalue weighted by Gasteiger charge is 2.41. The van der Waals surface area contributed by atoms with Crippen LogP contribution in [0.3, 0.4) is 0 Å². The molecule has 3 rings (SSSR count). The maximum Gasteiger partial charge on any atom is 0.433 e. The first-order chi connectivity index (χ1) is 14.9. The van der Waals surface area contributed by atoms with Gasteiger partial charge in [0, 0.05) is 17.1 Å². The molecule has 0 spiro atoms. The zero-order chi connectivity index (χ0) is 23.7. The predicted molar refractivity (Wildman–Crippen MR) is 118 cm³/mol. The summed E-state index contributed by atoms with van der Waals surface area (Å²) in [7, 11) is -0.815. The normalized spacial score (nSPS) is 12.4. The Morgan fingerprint density at radius 3 is 2.31 bits per heavy atom. The van der Waals surface area contributed by atoms with Crippen molar-refractivity contribution >= 4 is 39.0 Å². The van der Waals surface area contributed by atoms with Crippen LogP contribution in [0.25, 0.3) is 11.1 Å². The molecule has 32 heavy (non-hydrogen) atoms. The highest BCUT2D eigenvalue weighted by atomic mass is 35.5. The number of likely N-dealkylation sites (N-methyl/N-ethyl adjacent to an activating group) is 1. The molecule has 1 N–H and O–H groups in total. The average molecular weight is 507 g/mol. The van der Waals surface area contributed by atoms with Gasteiger partial charge in [-0.3, -0.25) is 9.40 Å². The lowest BCUT2D eigenvalue weighted by atomic mass is 10.0. The minimum absolute atomic E-state index is 0.0507. The molecule has 12 heteroatoms. The van der Waals surface area contributed by atoms with Crippen molar-refractivity contribution in [1.82, 2.24) is 14.7 Å². The summed E-state index contributed by atoms with van der Waals surface area (Å²) in [6.07, 6.45) is -4.84. The maximum atomic E-state index is 14.2. The fourth-order valence-electron chi connectivity index (χ4n) is 3.01. The summed E-state index contributed by atoms with van der Waals surface area (Å²) in [5.74, 6) is -0.482. The first kappa shape index (κ1) is 24.4. The van der Waals surface area contributed by atoms with E-state index in [-0.39, 0.29) is 33.6 Å². The van der Waals surface area contributed by atoms with Crippen LogP contribution in [0.4, 0.5) is 19.0 Å². The van der Waals surface area contributed by atoms with Gasteiger partial charge in [-0.1, -0.05) is 47.5 Å². The molecule has 0 saturated heterocycles. The third-order valence-corrected chi connectivity index (χ3v) is 6.37. The molecule has 172 valence electrons. The summed E-state index contributed by atoms with van der Waals surface area (Å²) in [5, 5.41) is 4.13. The lowest BCUT2D eigenvalue weighted by molar-refractivity contribution is -0.143. The van der Waals surface area contributed by atoms with Crippen molar-refractivity contribution in [1.29, 1.82) is 0 Å². The smallest absolute Gasteiger partial charge is 0.308 e. The molecule has 0 unspecified atom stereocenters. The van der Waals surface area contributed by atoms with E-state index in [4.69, 9.17) is 23.2 Å². The van der Waals surface area contributed by atoms with E-state index in [9.17, 15) is 21.6 Å². The number of nitrogens with zero attached hydrogens (tertiary/aromatic N) is 3. The number of hydrogen-bond donors (Lipinski definition) is 1. The first-order valence-electron chi connectivity index (χ1n) is 9.26. The predicted octanol–water partition coefficient (Wildman–Crippen LogP) is 5.24. The number of rotatable bonds is 7. The number of anilines is 1. The minimum atomic E-state index is -4.84. The van der Waals surface area contributed by atoms with Gasteiger partial charge in [-0.2, -0.15) is 18.3 Å². The zero-order valence-electron chi connectivity index (χ0n) is 17.0. The fraction of sp³-hybridized carbons (Fsp3) is 0.250. The van der Waals surface area contributed by atoms with E-state index >= 15 is 0 Å². The van der Waals surface area contributed by atoms with Crippen molar-refractivity contribution in [2.75, 3.05) is 25.4 Å². The van der Waals surface area contributed by atoms with Crippen LogP contribution in [0.1, 0.15) is 5.69 Å². The number of hydrogen-bond acceptors (Lipinski definition) is 4. The van der Waals surface area contributed by atoms with Gasteiger partial charge in [0.25, 0.3) is 10.0 Å². The van der Waals surface area contributed by atoms with Gasteiger partial charge in [0.05, 0.1) is 22.0 Å². The van der Waals surface area contributed by atoms with E-state index in [0.717, 1.165) is 4.68 Å². The number of halogens is 5. The Balaban J connectivity index is 2.25. The second-order valence-corrected chi connectivity index (χ2v) is 9.67. The molecule has 0 atom stereocenters. The highest BCUT2D eigenvalue weighted by molar-refractivity contribution is 7.92. The molecule has 0 bridgehead atoms. The Morgan fingerprint density at radius 2 is 1.75 bits per heavy atom. The van der Waals surface area contributed by atoms with E-state index in [0.29, 0.717) is 0 Å². The third-order valence-electron chi connectivity index (χ3n) is 4.46. The summed E-state index contributed by atoms with van der Waals surface area (Å²) < 4.78 is 71.2. The summed E-state index contributed by atoms with van der Waals surface area (Å²) >= 11 is 12.1. The largest absolute Gasteiger partial charge is 0.433 e. The van der Waals surface area contributed by atoms with Crippen molar-refractivity contribution in [3.8, 4) is 11.1 Å². The molecule has 0 radical (unpaired) electrons. The quantitative estimate of drug-likeness (QED) is 0.475. The van der Waals surface area contributed by atoms with Crippen LogP contribution in [0.15, 0.2) is 53.4 Å². The number of sulfonamides is 1. The number of benzene rings is 2. The lowest BCUT2D eigenvalue weighted by Gasteiger charge is -2.15. The van der Waals surface area contributed by atoms with Crippen molar-refractivity contribution in [3.05, 3.63) is 64.3 Å². The molecule has 2 aromatic carbocycles. The van der Waals surface area contributed by atoms with Crippen molar-refractivity contribution in [2.24, 2.45) is 0 Å². The lowest BCUT2D eigenvalue weighted by Crippen LogP contribution is -2.23. The van der Waals surface area contributed by atoms with Crippen LogP contribution >= 0.6 is 23.2 Å². The van der Waals surface area contributed by atoms with E-state index in [1.54, 1.807) is 25.1 Å². The van der Waals surface area contributed by atoms with Gasteiger partial charge in [-0.25, -0.2) is 8.42 Å². The number of alkyl halides is 3. The van der Waals surface area contributed by atoms with Crippen LogP contribution in [-0.2, 0) is 22.7 Å². The van der Waals surface area contributed by atoms with E-state index in [2.05, 4.69) is 9.82 Å². The van der Waals surface area contributed by atoms with Crippen LogP contribution in [0.5, 0.6) is 0 Å². The Hall–Kier alpha value is -2.27. The molecule has 0 saturated carbocycles. The topological polar surface area (TPSA) is 67.2 Å². The van der Waals surface area contributed by atoms with Gasteiger partial charge in [0.15, 0.2) is 11.5 Å². The van der Waals surface area contributed by atoms with E-state index < -0.39 is 33.3 Å². The fourth-order valence-corrected chi connectivity index (χ4v) is 4.54. The molecule has 0 aliphatic carbocycles. The monoisotopic (exact) mass is 506 g/mol. The molecular formula is C20H19Cl2F3N4O2S. The van der Waals surface area contributed by atoms with E-state index in [1.165, 1.54) is 42.5 Å². The molecule has 6 nitrogen and oxygen atoms in total. The molecular weight excluding hydrogens is 488 g/mol. The summed E-state index contributed by atoms with van der Waals surface area (Å²) in [6.45, 7) is 0.108. The Labute approximate surface area is 193 Å². The molecule has 0 aliphatic heterocycles. The number of aromatic nitrogens is 2. The second-order valence-electron chi connectivity index (χ2n) is 7.14. The summed E-state index contributed by atoms with van der Waals surface area (Å²) in [4.78, 5) is 1.56. The van der Waals surface area contributed by atoms with Crippen LogP contribution < -0.4 is 4.72 Å². The van der Waals surface area contributed by atoms with Gasteiger partial charge in [0.2, 0.25) is 0 Å². The standard InChI is InChI=1S/C20H19Cl2F3N4O2S/c1-28(2)10-11-29-18(20(23,24)25)17(15-9-8-13(21)12-16(15)22)19(26-29)27-32(30,31)14-6-4-3-5-7-14/h3-9,12H,10-11H2,1-2H3,(H,26,27). The van der Waals surface area contributed by atoms with Crippen molar-refractivity contribution in [3.63, 3.8) is 0 Å². The first-order valence-corrected chi connectivity index (χ1v) is 11.5. The van der Waals surface area contributed by atoms with Gasteiger partial charge in [-0.05, 0) is 38.4 Å². The van der Waals surface area contributed by atoms with Crippen LogP contribution in [0.2, 0.25) is 10.0 Å². The minimum Gasteiger partial charge on any atom is -0.308 e. The third kappa shape index (κ3) is 5.37. The Kier molecular flexibility index (Phi) is 7.09. The van der Waals surface area contributed by atoms with Crippen molar-refractivity contribution < 1.29 is 21.6 Å². The Bertz CT molecular complexity index is 1210. The number of nitrogens with one attached hydrogen (secondary N) is 1. The summed E-state index contributed by atoms with van der Waals surface area (Å²) in [6, 6.07) is 11.2. The summed E-state index contributed by atoms with van der Waals surface area (Å²) in [5.41, 5.74) is -1.64. The average Bonchev–Trinajstić information content (AvgIpc) is 3.04. The zero-order valence-corrected chi connectivity index (χ0v) is 19.3. The van der Waals surface area contributed by atoms with Crippen LogP contribution in [0, 0.1) is 0 Å². The van der Waals surface area contributed by atoms with Gasteiger partial charge in [0.1, 0.15) is 0 Å². The maximum absolute atomic E-state index is 14.2. The molecule has 1 heterocycles. The molecule has 0 amide bonds. The van der Waals surface area contributed by atoms with Gasteiger partial charge < -0.3 is 4.90 Å². The van der Waals surface area contributed by atoms with E-state index in [1.807, 2.05) is 0 Å². The second kappa shape index (κ2) is 9.30. The van der Waals surface area contributed by atoms with Gasteiger partial charge in [-0.15, -0.1) is 0 Å². The van der Waals surface area contributed by atoms with Gasteiger partial charge >= 0.3 is 6.18 Å². The highest BCUT2D eigenvalue weighted by Crippen LogP contribution is 2.44.